The molecule has 2 N–H and O–H groups in total. The van der Waals surface area contributed by atoms with Crippen LogP contribution in [-0.4, -0.2) is 29.9 Å². The minimum Gasteiger partial charge on any atom is -0.343 e. The number of hydrogen-bond donors (Lipinski definition) is 1. The summed E-state index contributed by atoms with van der Waals surface area (Å²) in [6.45, 7) is 2.28. The van der Waals surface area contributed by atoms with E-state index in [1.54, 1.807) is 0 Å². The van der Waals surface area contributed by atoms with Crippen molar-refractivity contribution in [3.05, 3.63) is 0 Å². The van der Waals surface area contributed by atoms with Gasteiger partial charge in [0.15, 0.2) is 0 Å². The number of amides is 1. The van der Waals surface area contributed by atoms with E-state index in [-0.39, 0.29) is 6.04 Å². The molecule has 0 heterocycles. The summed E-state index contributed by atoms with van der Waals surface area (Å²) in [6.07, 6.45) is 10.4. The fourth-order valence-corrected chi connectivity index (χ4v) is 3.83. The number of carbonyl (C=O) groups is 1. The van der Waals surface area contributed by atoms with Crippen molar-refractivity contribution in [1.82, 2.24) is 4.90 Å². The summed E-state index contributed by atoms with van der Waals surface area (Å²) >= 11 is 0. The summed E-state index contributed by atoms with van der Waals surface area (Å²) in [4.78, 5) is 14.4. The highest BCUT2D eigenvalue weighted by atomic mass is 16.2. The zero-order valence-corrected chi connectivity index (χ0v) is 12.6. The number of nitrogens with zero attached hydrogens (tertiary/aromatic N) is 1. The fourth-order valence-electron chi connectivity index (χ4n) is 3.83. The standard InChI is InChI=1S/C16H30N2O/c1-3-12-7-9-14(10-8-12)18(2)16(19)11-13-5-4-6-15(13)17/h12-15H,3-11,17H2,1-2H3/t12?,13-,14?,15+/m0/s1. The quantitative estimate of drug-likeness (QED) is 0.850. The Balaban J connectivity index is 1.79. The van der Waals surface area contributed by atoms with Crippen molar-refractivity contribution in [2.45, 2.75) is 76.8 Å². The number of carbonyl (C=O) groups excluding carboxylic acids is 1. The van der Waals surface area contributed by atoms with Gasteiger partial charge in [-0.25, -0.2) is 0 Å². The van der Waals surface area contributed by atoms with Crippen LogP contribution in [0.5, 0.6) is 0 Å². The van der Waals surface area contributed by atoms with Gasteiger partial charge in [-0.15, -0.1) is 0 Å². The Bertz CT molecular complexity index is 297. The normalized spacial score (nSPS) is 35.3. The van der Waals surface area contributed by atoms with Crippen LogP contribution in [0.4, 0.5) is 0 Å². The van der Waals surface area contributed by atoms with Gasteiger partial charge in [0, 0.05) is 25.6 Å². The van der Waals surface area contributed by atoms with Crippen LogP contribution in [0.25, 0.3) is 0 Å². The maximum absolute atomic E-state index is 12.4. The van der Waals surface area contributed by atoms with Crippen LogP contribution in [0.1, 0.15) is 64.7 Å². The predicted molar refractivity (Wildman–Crippen MR) is 78.7 cm³/mol. The summed E-state index contributed by atoms with van der Waals surface area (Å²) < 4.78 is 0. The first-order valence-corrected chi connectivity index (χ1v) is 8.13. The minimum atomic E-state index is 0.258. The van der Waals surface area contributed by atoms with Crippen molar-refractivity contribution in [3.8, 4) is 0 Å². The fraction of sp³-hybridized carbons (Fsp3) is 0.938. The van der Waals surface area contributed by atoms with E-state index in [1.807, 2.05) is 11.9 Å². The number of hydrogen-bond acceptors (Lipinski definition) is 2. The Hall–Kier alpha value is -0.570. The highest BCUT2D eigenvalue weighted by Gasteiger charge is 2.30. The van der Waals surface area contributed by atoms with Crippen LogP contribution in [0.2, 0.25) is 0 Å². The molecule has 2 rings (SSSR count). The molecule has 0 spiro atoms. The summed E-state index contributed by atoms with van der Waals surface area (Å²) in [5, 5.41) is 0. The molecule has 0 radical (unpaired) electrons. The van der Waals surface area contributed by atoms with Crippen LogP contribution >= 0.6 is 0 Å². The molecule has 2 fully saturated rings. The van der Waals surface area contributed by atoms with Crippen LogP contribution in [0.3, 0.4) is 0 Å². The maximum atomic E-state index is 12.4. The number of nitrogens with two attached hydrogens (primary N) is 1. The lowest BCUT2D eigenvalue weighted by Gasteiger charge is -2.35. The zero-order chi connectivity index (χ0) is 13.8. The molecule has 2 aliphatic carbocycles. The molecule has 0 aromatic rings. The average Bonchev–Trinajstić information content (AvgIpc) is 2.83. The Morgan fingerprint density at radius 1 is 1.16 bits per heavy atom. The van der Waals surface area contributed by atoms with Crippen LogP contribution in [0, 0.1) is 11.8 Å². The molecule has 2 saturated carbocycles. The second-order valence-corrected chi connectivity index (χ2v) is 6.65. The first-order chi connectivity index (χ1) is 9.11. The Labute approximate surface area is 117 Å². The van der Waals surface area contributed by atoms with Gasteiger partial charge in [-0.1, -0.05) is 19.8 Å². The molecule has 0 aromatic heterocycles. The van der Waals surface area contributed by atoms with E-state index >= 15 is 0 Å². The highest BCUT2D eigenvalue weighted by Crippen LogP contribution is 2.31. The largest absolute Gasteiger partial charge is 0.343 e. The average molecular weight is 266 g/mol. The second-order valence-electron chi connectivity index (χ2n) is 6.65. The topological polar surface area (TPSA) is 46.3 Å². The van der Waals surface area contributed by atoms with Crippen LogP contribution in [0.15, 0.2) is 0 Å². The molecule has 3 heteroatoms. The van der Waals surface area contributed by atoms with E-state index in [2.05, 4.69) is 6.92 Å². The van der Waals surface area contributed by atoms with E-state index in [0.717, 1.165) is 18.8 Å². The molecule has 1 amide bonds. The number of rotatable bonds is 4. The lowest BCUT2D eigenvalue weighted by atomic mass is 9.84. The van der Waals surface area contributed by atoms with Crippen molar-refractivity contribution in [1.29, 1.82) is 0 Å². The van der Waals surface area contributed by atoms with Crippen molar-refractivity contribution in [3.63, 3.8) is 0 Å². The molecule has 3 nitrogen and oxygen atoms in total. The summed E-state index contributed by atoms with van der Waals surface area (Å²) in [6, 6.07) is 0.737. The first-order valence-electron chi connectivity index (χ1n) is 8.13. The Kier molecular flexibility index (Phi) is 5.26. The lowest BCUT2D eigenvalue weighted by Crippen LogP contribution is -2.41. The summed E-state index contributed by atoms with van der Waals surface area (Å²) in [5.41, 5.74) is 6.07. The Morgan fingerprint density at radius 2 is 1.84 bits per heavy atom. The van der Waals surface area contributed by atoms with Gasteiger partial charge in [-0.2, -0.15) is 0 Å². The molecule has 0 saturated heterocycles. The monoisotopic (exact) mass is 266 g/mol. The first kappa shape index (κ1) is 14.8. The SMILES string of the molecule is CCC1CCC(N(C)C(=O)C[C@@H]2CCC[C@H]2N)CC1. The van der Waals surface area contributed by atoms with Crippen molar-refractivity contribution < 1.29 is 4.79 Å². The van der Waals surface area contributed by atoms with Gasteiger partial charge >= 0.3 is 0 Å². The molecule has 2 aliphatic rings. The molecular formula is C16H30N2O. The van der Waals surface area contributed by atoms with Crippen LogP contribution < -0.4 is 5.73 Å². The van der Waals surface area contributed by atoms with Crippen molar-refractivity contribution in [2.24, 2.45) is 17.6 Å². The summed E-state index contributed by atoms with van der Waals surface area (Å²) in [7, 11) is 2.00. The third-order valence-electron chi connectivity index (χ3n) is 5.49. The van der Waals surface area contributed by atoms with Crippen molar-refractivity contribution in [2.75, 3.05) is 7.05 Å². The van der Waals surface area contributed by atoms with Gasteiger partial charge in [0.25, 0.3) is 0 Å². The molecule has 0 bridgehead atoms. The zero-order valence-electron chi connectivity index (χ0n) is 12.6. The third kappa shape index (κ3) is 3.71. The molecular weight excluding hydrogens is 236 g/mol. The van der Waals surface area contributed by atoms with Gasteiger partial charge < -0.3 is 10.6 Å². The van der Waals surface area contributed by atoms with E-state index in [0.29, 0.717) is 24.3 Å². The Morgan fingerprint density at radius 3 is 2.37 bits per heavy atom. The van der Waals surface area contributed by atoms with Gasteiger partial charge in [0.1, 0.15) is 0 Å². The van der Waals surface area contributed by atoms with E-state index in [4.69, 9.17) is 5.73 Å². The highest BCUT2D eigenvalue weighted by molar-refractivity contribution is 5.76. The smallest absolute Gasteiger partial charge is 0.222 e. The molecule has 0 aliphatic heterocycles. The molecule has 19 heavy (non-hydrogen) atoms. The molecule has 0 aromatic carbocycles. The second kappa shape index (κ2) is 6.74. The van der Waals surface area contributed by atoms with Gasteiger partial charge in [-0.3, -0.25) is 4.79 Å². The van der Waals surface area contributed by atoms with E-state index < -0.39 is 0 Å². The van der Waals surface area contributed by atoms with E-state index in [9.17, 15) is 4.79 Å². The lowest BCUT2D eigenvalue weighted by molar-refractivity contribution is -0.133. The minimum absolute atomic E-state index is 0.258. The van der Waals surface area contributed by atoms with Gasteiger partial charge in [-0.05, 0) is 50.4 Å². The predicted octanol–water partition coefficient (Wildman–Crippen LogP) is 2.93. The molecule has 0 unspecified atom stereocenters. The molecule has 110 valence electrons. The summed E-state index contributed by atoms with van der Waals surface area (Å²) in [5.74, 6) is 1.65. The maximum Gasteiger partial charge on any atom is 0.222 e. The third-order valence-corrected chi connectivity index (χ3v) is 5.49. The van der Waals surface area contributed by atoms with Gasteiger partial charge in [0.05, 0.1) is 0 Å². The van der Waals surface area contributed by atoms with Gasteiger partial charge in [0.2, 0.25) is 5.91 Å². The molecule has 2 atom stereocenters. The van der Waals surface area contributed by atoms with E-state index in [1.165, 1.54) is 38.5 Å². The van der Waals surface area contributed by atoms with Crippen molar-refractivity contribution >= 4 is 5.91 Å². The van der Waals surface area contributed by atoms with Crippen LogP contribution in [-0.2, 0) is 4.79 Å².